The lowest BCUT2D eigenvalue weighted by Crippen LogP contribution is -2.33. The number of aryl methyl sites for hydroxylation is 1. The van der Waals surface area contributed by atoms with E-state index in [1.807, 2.05) is 6.92 Å². The van der Waals surface area contributed by atoms with Gasteiger partial charge >= 0.3 is 0 Å². The standard InChI is InChI=1S/C29H36N8O4S/c1-6-42(39,40)17(2)10-13-20(30-4)14-31-27-29(38)37(22-8-7-9-23(22)41-5)28-21(35-27)15-32-26(36-28)24-18(3)33-16-34-25(24)19-11-12-19/h10,13,15-16,19,22-23H,4,6-9,11-12,14H2,1-3,5H3,(H,31,35)/b17-10+,20-13-/t22-,23-/m0/s1. The second-order valence-corrected chi connectivity index (χ2v) is 13.1. The van der Waals surface area contributed by atoms with Gasteiger partial charge in [-0.15, -0.1) is 0 Å². The maximum Gasteiger partial charge on any atom is 0.295 e. The predicted octanol–water partition coefficient (Wildman–Crippen LogP) is 3.90. The highest BCUT2D eigenvalue weighted by Crippen LogP contribution is 2.43. The normalized spacial score (nSPS) is 19.8. The van der Waals surface area contributed by atoms with Crippen molar-refractivity contribution in [2.45, 2.75) is 70.9 Å². The Kier molecular flexibility index (Phi) is 8.60. The molecule has 3 aromatic heterocycles. The highest BCUT2D eigenvalue weighted by Gasteiger charge is 2.33. The molecule has 13 heteroatoms. The summed E-state index contributed by atoms with van der Waals surface area (Å²) in [6.45, 7) is 8.74. The average Bonchev–Trinajstić information content (AvgIpc) is 3.74. The van der Waals surface area contributed by atoms with Crippen LogP contribution in [0.2, 0.25) is 0 Å². The van der Waals surface area contributed by atoms with Crippen molar-refractivity contribution in [3.8, 4) is 11.4 Å². The molecule has 2 atom stereocenters. The molecule has 222 valence electrons. The SMILES string of the molecule is C=N/C(=C\C=C(/C)S(=O)(=O)CC)CNc1nc2cnc(-c3c(C)ncnc3C3CC3)nc2n([C@H]2CCC[C@@H]2OC)c1=O. The van der Waals surface area contributed by atoms with Crippen LogP contribution in [0.25, 0.3) is 22.6 Å². The van der Waals surface area contributed by atoms with Crippen LogP contribution in [0, 0.1) is 6.92 Å². The molecular formula is C29H36N8O4S. The van der Waals surface area contributed by atoms with E-state index in [4.69, 9.17) is 9.72 Å². The van der Waals surface area contributed by atoms with Crippen molar-refractivity contribution in [3.05, 3.63) is 57.0 Å². The predicted molar refractivity (Wildman–Crippen MR) is 162 cm³/mol. The third-order valence-electron chi connectivity index (χ3n) is 7.96. The maximum absolute atomic E-state index is 14.0. The van der Waals surface area contributed by atoms with E-state index in [0.717, 1.165) is 49.1 Å². The van der Waals surface area contributed by atoms with Crippen molar-refractivity contribution in [2.24, 2.45) is 4.99 Å². The van der Waals surface area contributed by atoms with Crippen molar-refractivity contribution < 1.29 is 13.2 Å². The van der Waals surface area contributed by atoms with Gasteiger partial charge in [0.15, 0.2) is 27.1 Å². The number of sulfone groups is 1. The van der Waals surface area contributed by atoms with E-state index in [-0.39, 0.29) is 40.7 Å². The van der Waals surface area contributed by atoms with E-state index in [2.05, 4.69) is 37.0 Å². The van der Waals surface area contributed by atoms with Crippen LogP contribution in [0.4, 0.5) is 5.82 Å². The van der Waals surface area contributed by atoms with Gasteiger partial charge in [-0.1, -0.05) is 6.92 Å². The molecule has 0 saturated heterocycles. The Morgan fingerprint density at radius 2 is 1.98 bits per heavy atom. The molecule has 0 aliphatic heterocycles. The van der Waals surface area contributed by atoms with Crippen LogP contribution >= 0.6 is 0 Å². The molecule has 3 heterocycles. The zero-order valence-corrected chi connectivity index (χ0v) is 25.2. The number of anilines is 1. The summed E-state index contributed by atoms with van der Waals surface area (Å²) in [6.07, 6.45) is 10.7. The minimum atomic E-state index is -3.32. The summed E-state index contributed by atoms with van der Waals surface area (Å²) in [5.41, 5.74) is 3.51. The highest BCUT2D eigenvalue weighted by molar-refractivity contribution is 7.95. The quantitative estimate of drug-likeness (QED) is 0.256. The molecule has 12 nitrogen and oxygen atoms in total. The number of allylic oxidation sites excluding steroid dienone is 3. The van der Waals surface area contributed by atoms with Gasteiger partial charge in [-0.05, 0) is 64.8 Å². The average molecular weight is 593 g/mol. The lowest BCUT2D eigenvalue weighted by Gasteiger charge is -2.23. The fraction of sp³-hybridized carbons (Fsp3) is 0.483. The smallest absolute Gasteiger partial charge is 0.295 e. The number of fused-ring (bicyclic) bond motifs is 1. The molecule has 1 N–H and O–H groups in total. The minimum absolute atomic E-state index is 0.00497. The summed E-state index contributed by atoms with van der Waals surface area (Å²) in [7, 11) is -1.66. The Labute approximate surface area is 245 Å². The first-order valence-corrected chi connectivity index (χ1v) is 15.8. The van der Waals surface area contributed by atoms with Crippen LogP contribution in [0.1, 0.15) is 69.3 Å². The molecule has 0 aromatic carbocycles. The summed E-state index contributed by atoms with van der Waals surface area (Å²) >= 11 is 0. The third kappa shape index (κ3) is 5.88. The molecule has 3 aromatic rings. The molecule has 5 rings (SSSR count). The molecule has 0 amide bonds. The van der Waals surface area contributed by atoms with E-state index in [1.54, 1.807) is 37.2 Å². The Balaban J connectivity index is 1.58. The van der Waals surface area contributed by atoms with Gasteiger partial charge in [-0.3, -0.25) is 14.4 Å². The Morgan fingerprint density at radius 1 is 1.19 bits per heavy atom. The van der Waals surface area contributed by atoms with Crippen molar-refractivity contribution >= 4 is 33.5 Å². The van der Waals surface area contributed by atoms with Gasteiger partial charge in [0.25, 0.3) is 5.56 Å². The van der Waals surface area contributed by atoms with E-state index in [9.17, 15) is 13.2 Å². The number of rotatable bonds is 11. The number of ether oxygens (including phenoxy) is 1. The van der Waals surface area contributed by atoms with E-state index < -0.39 is 9.84 Å². The van der Waals surface area contributed by atoms with Gasteiger partial charge in [0, 0.05) is 17.9 Å². The number of aromatic nitrogens is 6. The molecule has 2 aliphatic carbocycles. The van der Waals surface area contributed by atoms with E-state index in [0.29, 0.717) is 28.6 Å². The summed E-state index contributed by atoms with van der Waals surface area (Å²) in [6, 6.07) is -0.232. The fourth-order valence-electron chi connectivity index (χ4n) is 5.34. The van der Waals surface area contributed by atoms with Crippen LogP contribution in [0.3, 0.4) is 0 Å². The van der Waals surface area contributed by atoms with Gasteiger partial charge in [-0.25, -0.2) is 33.3 Å². The van der Waals surface area contributed by atoms with Gasteiger partial charge in [0.1, 0.15) is 11.8 Å². The van der Waals surface area contributed by atoms with Gasteiger partial charge < -0.3 is 10.1 Å². The Morgan fingerprint density at radius 3 is 2.67 bits per heavy atom. The highest BCUT2D eigenvalue weighted by atomic mass is 32.2. The topological polar surface area (TPSA) is 154 Å². The number of hydrogen-bond donors (Lipinski definition) is 1. The zero-order chi connectivity index (χ0) is 30.0. The Hall–Kier alpha value is -3.84. The number of aliphatic imine (C=N–C) groups is 1. The van der Waals surface area contributed by atoms with Crippen LogP contribution in [0.15, 0.2) is 45.1 Å². The van der Waals surface area contributed by atoms with Crippen LogP contribution in [0.5, 0.6) is 0 Å². The van der Waals surface area contributed by atoms with Crippen molar-refractivity contribution in [2.75, 3.05) is 24.7 Å². The van der Waals surface area contributed by atoms with Gasteiger partial charge in [0.2, 0.25) is 0 Å². The monoisotopic (exact) mass is 592 g/mol. The first kappa shape index (κ1) is 29.6. The lowest BCUT2D eigenvalue weighted by atomic mass is 10.1. The molecule has 0 unspecified atom stereocenters. The summed E-state index contributed by atoms with van der Waals surface area (Å²) < 4.78 is 31.7. The van der Waals surface area contributed by atoms with Crippen LogP contribution < -0.4 is 10.9 Å². The van der Waals surface area contributed by atoms with E-state index >= 15 is 0 Å². The largest absolute Gasteiger partial charge is 0.379 e. The van der Waals surface area contributed by atoms with Crippen molar-refractivity contribution in [1.82, 2.24) is 29.5 Å². The van der Waals surface area contributed by atoms with Gasteiger partial charge in [0.05, 0.1) is 53.3 Å². The number of methoxy groups -OCH3 is 1. The number of hydrogen-bond acceptors (Lipinski definition) is 11. The lowest BCUT2D eigenvalue weighted by molar-refractivity contribution is 0.0751. The second-order valence-electron chi connectivity index (χ2n) is 10.7. The van der Waals surface area contributed by atoms with Crippen molar-refractivity contribution in [1.29, 1.82) is 0 Å². The number of nitrogens with zero attached hydrogens (tertiary/aromatic N) is 7. The Bertz CT molecular complexity index is 1740. The van der Waals surface area contributed by atoms with E-state index in [1.165, 1.54) is 13.0 Å². The van der Waals surface area contributed by atoms with Crippen molar-refractivity contribution in [3.63, 3.8) is 0 Å². The second kappa shape index (κ2) is 12.2. The van der Waals surface area contributed by atoms with Crippen LogP contribution in [-0.2, 0) is 14.6 Å². The minimum Gasteiger partial charge on any atom is -0.379 e. The maximum atomic E-state index is 14.0. The molecule has 0 spiro atoms. The molecule has 42 heavy (non-hydrogen) atoms. The van der Waals surface area contributed by atoms with Crippen LogP contribution in [-0.4, -0.2) is 70.1 Å². The summed E-state index contributed by atoms with van der Waals surface area (Å²) in [5.74, 6) is 0.942. The number of nitrogens with one attached hydrogen (secondary N) is 1. The molecule has 2 aliphatic rings. The first-order chi connectivity index (χ1) is 20.2. The molecule has 2 fully saturated rings. The molecule has 2 saturated carbocycles. The summed E-state index contributed by atoms with van der Waals surface area (Å²) in [5, 5.41) is 3.08. The molecular weight excluding hydrogens is 556 g/mol. The fourth-order valence-corrected chi connectivity index (χ4v) is 6.07. The molecule has 0 bridgehead atoms. The third-order valence-corrected chi connectivity index (χ3v) is 9.84. The first-order valence-electron chi connectivity index (χ1n) is 14.1. The summed E-state index contributed by atoms with van der Waals surface area (Å²) in [4.78, 5) is 41.3. The zero-order valence-electron chi connectivity index (χ0n) is 24.4. The molecule has 0 radical (unpaired) electrons. The van der Waals surface area contributed by atoms with Gasteiger partial charge in [-0.2, -0.15) is 0 Å².